The number of carboxylic acids is 1. The fourth-order valence-electron chi connectivity index (χ4n) is 4.80. The molecule has 3 saturated carbocycles. The second-order valence-corrected chi connectivity index (χ2v) is 5.85. The molecule has 3 fully saturated rings. The van der Waals surface area contributed by atoms with E-state index in [-0.39, 0.29) is 0 Å². The number of carboxylic acid groups (broad SMARTS) is 1. The van der Waals surface area contributed by atoms with Gasteiger partial charge in [-0.05, 0) is 54.8 Å². The molecule has 3 aliphatic rings. The van der Waals surface area contributed by atoms with Crippen LogP contribution in [0.2, 0.25) is 0 Å². The Morgan fingerprint density at radius 2 is 1.93 bits per heavy atom. The molecule has 5 atom stereocenters. The van der Waals surface area contributed by atoms with Crippen molar-refractivity contribution in [2.45, 2.75) is 39.0 Å². The molecule has 3 rings (SSSR count). The van der Waals surface area contributed by atoms with E-state index in [1.54, 1.807) is 0 Å². The van der Waals surface area contributed by atoms with Crippen LogP contribution in [0.15, 0.2) is 0 Å². The summed E-state index contributed by atoms with van der Waals surface area (Å²) in [6, 6.07) is 0. The molecule has 2 heteroatoms. The van der Waals surface area contributed by atoms with Crippen molar-refractivity contribution < 1.29 is 9.90 Å². The summed E-state index contributed by atoms with van der Waals surface area (Å²) in [6.45, 7) is 2.43. The van der Waals surface area contributed by atoms with E-state index in [1.165, 1.54) is 25.7 Å². The van der Waals surface area contributed by atoms with E-state index < -0.39 is 5.97 Å². The molecular formula is C12H18O2. The van der Waals surface area contributed by atoms with Crippen LogP contribution in [0.5, 0.6) is 0 Å². The molecule has 0 aromatic heterocycles. The Labute approximate surface area is 84.7 Å². The first kappa shape index (κ1) is 8.75. The van der Waals surface area contributed by atoms with Gasteiger partial charge in [-0.15, -0.1) is 0 Å². The number of carbonyl (C=O) groups is 1. The molecule has 0 unspecified atom stereocenters. The van der Waals surface area contributed by atoms with Gasteiger partial charge >= 0.3 is 5.97 Å². The maximum Gasteiger partial charge on any atom is 0.303 e. The highest BCUT2D eigenvalue weighted by atomic mass is 16.4. The minimum atomic E-state index is -0.589. The van der Waals surface area contributed by atoms with E-state index in [0.29, 0.717) is 17.8 Å². The Balaban J connectivity index is 1.79. The van der Waals surface area contributed by atoms with E-state index in [1.807, 2.05) is 0 Å². The number of hydrogen-bond donors (Lipinski definition) is 1. The summed E-state index contributed by atoms with van der Waals surface area (Å²) in [4.78, 5) is 10.7. The SMILES string of the molecule is C[C@]12CC[C@@H]3[C@H](CC(=O)O)[C@H](CC1)[C@@H]32. The van der Waals surface area contributed by atoms with Crippen molar-refractivity contribution in [3.8, 4) is 0 Å². The molecule has 0 amide bonds. The molecule has 0 aromatic rings. The molecular weight excluding hydrogens is 176 g/mol. The average molecular weight is 194 g/mol. The lowest BCUT2D eigenvalue weighted by atomic mass is 9.56. The Morgan fingerprint density at radius 1 is 1.36 bits per heavy atom. The quantitative estimate of drug-likeness (QED) is 0.733. The van der Waals surface area contributed by atoms with Crippen LogP contribution in [0.1, 0.15) is 39.0 Å². The van der Waals surface area contributed by atoms with Gasteiger partial charge in [0.2, 0.25) is 0 Å². The highest BCUT2D eigenvalue weighted by molar-refractivity contribution is 5.67. The molecule has 3 aliphatic carbocycles. The van der Waals surface area contributed by atoms with Crippen molar-refractivity contribution >= 4 is 5.97 Å². The van der Waals surface area contributed by atoms with Gasteiger partial charge in [-0.1, -0.05) is 6.92 Å². The van der Waals surface area contributed by atoms with Crippen LogP contribution in [-0.4, -0.2) is 11.1 Å². The van der Waals surface area contributed by atoms with Crippen LogP contribution >= 0.6 is 0 Å². The smallest absolute Gasteiger partial charge is 0.303 e. The van der Waals surface area contributed by atoms with Gasteiger partial charge in [0, 0.05) is 6.42 Å². The summed E-state index contributed by atoms with van der Waals surface area (Å²) >= 11 is 0. The third-order valence-electron chi connectivity index (χ3n) is 5.34. The Hall–Kier alpha value is -0.530. The van der Waals surface area contributed by atoms with Gasteiger partial charge in [-0.25, -0.2) is 0 Å². The number of rotatable bonds is 2. The fourth-order valence-corrected chi connectivity index (χ4v) is 4.80. The van der Waals surface area contributed by atoms with Gasteiger partial charge in [-0.3, -0.25) is 4.79 Å². The number of hydrogen-bond acceptors (Lipinski definition) is 1. The first-order valence-electron chi connectivity index (χ1n) is 5.84. The molecule has 0 bridgehead atoms. The zero-order valence-corrected chi connectivity index (χ0v) is 8.70. The van der Waals surface area contributed by atoms with Crippen molar-refractivity contribution in [1.82, 2.24) is 0 Å². The van der Waals surface area contributed by atoms with Crippen LogP contribution in [0, 0.1) is 29.1 Å². The molecule has 1 N–H and O–H groups in total. The largest absolute Gasteiger partial charge is 0.481 e. The maximum absolute atomic E-state index is 10.7. The molecule has 78 valence electrons. The molecule has 14 heavy (non-hydrogen) atoms. The molecule has 0 aliphatic heterocycles. The summed E-state index contributed by atoms with van der Waals surface area (Å²) in [5.41, 5.74) is 0.602. The highest BCUT2D eigenvalue weighted by Gasteiger charge is 2.64. The molecule has 0 spiro atoms. The third-order valence-corrected chi connectivity index (χ3v) is 5.34. The molecule has 0 heterocycles. The summed E-state index contributed by atoms with van der Waals surface area (Å²) < 4.78 is 0. The minimum Gasteiger partial charge on any atom is -0.481 e. The van der Waals surface area contributed by atoms with E-state index in [4.69, 9.17) is 5.11 Å². The Bertz CT molecular complexity index is 268. The van der Waals surface area contributed by atoms with E-state index in [2.05, 4.69) is 6.92 Å². The van der Waals surface area contributed by atoms with E-state index in [9.17, 15) is 4.79 Å². The lowest BCUT2D eigenvalue weighted by Crippen LogP contribution is -2.45. The van der Waals surface area contributed by atoms with Crippen LogP contribution in [0.25, 0.3) is 0 Å². The molecule has 0 saturated heterocycles. The van der Waals surface area contributed by atoms with Crippen molar-refractivity contribution in [2.24, 2.45) is 29.1 Å². The topological polar surface area (TPSA) is 37.3 Å². The summed E-state index contributed by atoms with van der Waals surface area (Å²) in [7, 11) is 0. The first-order valence-corrected chi connectivity index (χ1v) is 5.84. The second kappa shape index (κ2) is 2.53. The van der Waals surface area contributed by atoms with E-state index in [0.717, 1.165) is 17.8 Å². The van der Waals surface area contributed by atoms with Crippen molar-refractivity contribution in [3.63, 3.8) is 0 Å². The standard InChI is InChI=1S/C12H18O2/c1-12-4-2-7-9(6-10(13)14)8(3-5-12)11(7)12/h7-9,11H,2-6H2,1H3,(H,13,14)/t7-,8+,9+,11-,12+. The van der Waals surface area contributed by atoms with Crippen LogP contribution in [-0.2, 0) is 4.79 Å². The number of aliphatic carboxylic acids is 1. The first-order chi connectivity index (χ1) is 6.62. The van der Waals surface area contributed by atoms with Gasteiger partial charge < -0.3 is 5.11 Å². The van der Waals surface area contributed by atoms with Crippen molar-refractivity contribution in [2.75, 3.05) is 0 Å². The minimum absolute atomic E-state index is 0.432. The maximum atomic E-state index is 10.7. The van der Waals surface area contributed by atoms with Crippen LogP contribution in [0.4, 0.5) is 0 Å². The van der Waals surface area contributed by atoms with Gasteiger partial charge in [0.05, 0.1) is 0 Å². The highest BCUT2D eigenvalue weighted by Crippen LogP contribution is 2.71. The normalized spacial score (nSPS) is 54.1. The monoisotopic (exact) mass is 194 g/mol. The van der Waals surface area contributed by atoms with Gasteiger partial charge in [0.25, 0.3) is 0 Å². The zero-order chi connectivity index (χ0) is 9.92. The second-order valence-electron chi connectivity index (χ2n) is 5.85. The average Bonchev–Trinajstić information content (AvgIpc) is 2.49. The van der Waals surface area contributed by atoms with Gasteiger partial charge in [-0.2, -0.15) is 0 Å². The van der Waals surface area contributed by atoms with Crippen LogP contribution < -0.4 is 0 Å². The molecule has 2 nitrogen and oxygen atoms in total. The predicted octanol–water partition coefficient (Wildman–Crippen LogP) is 2.53. The zero-order valence-electron chi connectivity index (χ0n) is 8.70. The lowest BCUT2D eigenvalue weighted by Gasteiger charge is -2.48. The summed E-state index contributed by atoms with van der Waals surface area (Å²) in [5, 5.41) is 8.86. The van der Waals surface area contributed by atoms with Crippen molar-refractivity contribution in [3.05, 3.63) is 0 Å². The summed E-state index contributed by atoms with van der Waals surface area (Å²) in [5.74, 6) is 2.37. The predicted molar refractivity (Wildman–Crippen MR) is 52.8 cm³/mol. The van der Waals surface area contributed by atoms with Crippen LogP contribution in [0.3, 0.4) is 0 Å². The third kappa shape index (κ3) is 0.896. The van der Waals surface area contributed by atoms with Crippen molar-refractivity contribution in [1.29, 1.82) is 0 Å². The molecule has 0 aromatic carbocycles. The Kier molecular flexibility index (Phi) is 1.58. The summed E-state index contributed by atoms with van der Waals surface area (Å²) in [6.07, 6.45) is 5.75. The van der Waals surface area contributed by atoms with Gasteiger partial charge in [0.15, 0.2) is 0 Å². The molecule has 0 radical (unpaired) electrons. The fraction of sp³-hybridized carbons (Fsp3) is 0.917. The van der Waals surface area contributed by atoms with Gasteiger partial charge in [0.1, 0.15) is 0 Å². The van der Waals surface area contributed by atoms with E-state index >= 15 is 0 Å². The lowest BCUT2D eigenvalue weighted by molar-refractivity contribution is -0.142. The Morgan fingerprint density at radius 3 is 2.43 bits per heavy atom.